The van der Waals surface area contributed by atoms with Crippen LogP contribution in [0.5, 0.6) is 11.5 Å². The van der Waals surface area contributed by atoms with Crippen molar-refractivity contribution in [3.63, 3.8) is 0 Å². The van der Waals surface area contributed by atoms with Crippen molar-refractivity contribution in [3.05, 3.63) is 23.8 Å². The van der Waals surface area contributed by atoms with E-state index in [1.54, 1.807) is 13.2 Å². The fourth-order valence-corrected chi connectivity index (χ4v) is 7.55. The van der Waals surface area contributed by atoms with Gasteiger partial charge in [-0.25, -0.2) is 0 Å². The molecular weight excluding hydrogens is 366 g/mol. The average molecular weight is 395 g/mol. The van der Waals surface area contributed by atoms with Crippen molar-refractivity contribution in [1.29, 1.82) is 0 Å². The molecule has 4 aliphatic carbocycles. The summed E-state index contributed by atoms with van der Waals surface area (Å²) in [6.07, 6.45) is 8.37. The lowest BCUT2D eigenvalue weighted by atomic mass is 9.49. The summed E-state index contributed by atoms with van der Waals surface area (Å²) in [7, 11) is 1.60. The van der Waals surface area contributed by atoms with Crippen molar-refractivity contribution >= 4 is 11.7 Å². The van der Waals surface area contributed by atoms with Crippen LogP contribution < -0.4 is 9.47 Å². The maximum atomic E-state index is 13.7. The molecule has 4 bridgehead atoms. The Morgan fingerprint density at radius 2 is 1.83 bits per heavy atom. The number of ether oxygens (including phenoxy) is 2. The summed E-state index contributed by atoms with van der Waals surface area (Å²) in [5.41, 5.74) is -0.0817. The summed E-state index contributed by atoms with van der Waals surface area (Å²) in [5.74, 6) is 4.02. The minimum Gasteiger partial charge on any atom is -0.497 e. The van der Waals surface area contributed by atoms with Crippen molar-refractivity contribution < 1.29 is 19.1 Å². The molecule has 1 atom stereocenters. The van der Waals surface area contributed by atoms with Gasteiger partial charge in [0.15, 0.2) is 5.78 Å². The lowest BCUT2D eigenvalue weighted by Gasteiger charge is -2.56. The Kier molecular flexibility index (Phi) is 3.67. The number of fused-ring (bicyclic) bond motifs is 1. The zero-order chi connectivity index (χ0) is 19.8. The van der Waals surface area contributed by atoms with Gasteiger partial charge in [-0.1, -0.05) is 0 Å². The number of carbonyl (C=O) groups is 2. The number of methoxy groups -OCH3 is 1. The Labute approximate surface area is 171 Å². The van der Waals surface area contributed by atoms with Crippen LogP contribution in [0.25, 0.3) is 0 Å². The van der Waals surface area contributed by atoms with E-state index in [-0.39, 0.29) is 11.2 Å². The van der Waals surface area contributed by atoms with E-state index >= 15 is 0 Å². The fraction of sp³-hybridized carbons (Fsp3) is 0.667. The lowest BCUT2D eigenvalue weighted by Crippen LogP contribution is -2.55. The summed E-state index contributed by atoms with van der Waals surface area (Å²) in [6, 6.07) is 5.42. The third-order valence-electron chi connectivity index (χ3n) is 8.39. The number of hydrogen-bond donors (Lipinski definition) is 0. The number of ketones is 1. The first kappa shape index (κ1) is 17.8. The quantitative estimate of drug-likeness (QED) is 0.763. The summed E-state index contributed by atoms with van der Waals surface area (Å²) in [4.78, 5) is 28.6. The molecule has 5 heteroatoms. The van der Waals surface area contributed by atoms with Gasteiger partial charge in [0.05, 0.1) is 31.1 Å². The van der Waals surface area contributed by atoms with E-state index in [9.17, 15) is 9.59 Å². The second-order valence-corrected chi connectivity index (χ2v) is 10.4. The molecule has 0 N–H and O–H groups in total. The molecule has 1 spiro atoms. The normalized spacial score (nSPS) is 39.6. The van der Waals surface area contributed by atoms with Crippen molar-refractivity contribution in [2.24, 2.45) is 23.2 Å². The monoisotopic (exact) mass is 395 g/mol. The average Bonchev–Trinajstić information content (AvgIpc) is 3.09. The van der Waals surface area contributed by atoms with Crippen LogP contribution in [-0.2, 0) is 4.79 Å². The van der Waals surface area contributed by atoms with Gasteiger partial charge >= 0.3 is 0 Å². The van der Waals surface area contributed by atoms with Gasteiger partial charge < -0.3 is 14.4 Å². The largest absolute Gasteiger partial charge is 0.497 e. The molecule has 4 saturated carbocycles. The lowest BCUT2D eigenvalue weighted by molar-refractivity contribution is -0.157. The predicted molar refractivity (Wildman–Crippen MR) is 107 cm³/mol. The van der Waals surface area contributed by atoms with Crippen LogP contribution in [0.1, 0.15) is 61.7 Å². The van der Waals surface area contributed by atoms with Crippen molar-refractivity contribution in [2.45, 2.75) is 57.0 Å². The number of rotatable bonds is 2. The molecule has 1 aromatic carbocycles. The molecule has 7 rings (SSSR count). The van der Waals surface area contributed by atoms with Crippen LogP contribution >= 0.6 is 0 Å². The standard InChI is InChI=1S/C24H29NO4/c1-28-18-2-3-21-19(9-18)20(26)13-24(29-21)4-5-25(14-24)22(27)23-10-15-6-16(11-23)8-17(7-15)12-23/h2-3,9,15-17H,4-8,10-14H2,1H3. The van der Waals surface area contributed by atoms with Crippen LogP contribution in [0.3, 0.4) is 0 Å². The topological polar surface area (TPSA) is 55.8 Å². The number of likely N-dealkylation sites (tertiary alicyclic amines) is 1. The van der Waals surface area contributed by atoms with E-state index in [1.807, 2.05) is 17.0 Å². The number of carbonyl (C=O) groups excluding carboxylic acids is 2. The van der Waals surface area contributed by atoms with E-state index in [1.165, 1.54) is 19.3 Å². The Hall–Kier alpha value is -2.04. The molecular formula is C24H29NO4. The predicted octanol–water partition coefficient (Wildman–Crippen LogP) is 3.85. The summed E-state index contributed by atoms with van der Waals surface area (Å²) >= 11 is 0. The Bertz CT molecular complexity index is 858. The molecule has 5 fully saturated rings. The third kappa shape index (κ3) is 2.65. The Balaban J connectivity index is 1.23. The summed E-state index contributed by atoms with van der Waals surface area (Å²) in [5, 5.41) is 0. The molecule has 6 aliphatic rings. The van der Waals surface area contributed by atoms with Crippen LogP contribution in [0.2, 0.25) is 0 Å². The highest BCUT2D eigenvalue weighted by Crippen LogP contribution is 2.61. The minimum absolute atomic E-state index is 0.0919. The van der Waals surface area contributed by atoms with E-state index in [2.05, 4.69) is 0 Å². The van der Waals surface area contributed by atoms with Crippen LogP contribution in [0.4, 0.5) is 0 Å². The Morgan fingerprint density at radius 1 is 1.14 bits per heavy atom. The molecule has 29 heavy (non-hydrogen) atoms. The number of amides is 1. The van der Waals surface area contributed by atoms with Crippen LogP contribution in [-0.4, -0.2) is 42.4 Å². The van der Waals surface area contributed by atoms with E-state index in [4.69, 9.17) is 9.47 Å². The molecule has 5 nitrogen and oxygen atoms in total. The molecule has 154 valence electrons. The van der Waals surface area contributed by atoms with Crippen LogP contribution in [0.15, 0.2) is 18.2 Å². The minimum atomic E-state index is -0.559. The van der Waals surface area contributed by atoms with Gasteiger partial charge in [-0.2, -0.15) is 0 Å². The molecule has 1 saturated heterocycles. The molecule has 1 amide bonds. The molecule has 1 unspecified atom stereocenters. The zero-order valence-electron chi connectivity index (χ0n) is 17.1. The van der Waals surface area contributed by atoms with Gasteiger partial charge in [0.1, 0.15) is 17.1 Å². The van der Waals surface area contributed by atoms with Gasteiger partial charge in [-0.05, 0) is 74.5 Å². The first-order valence-corrected chi connectivity index (χ1v) is 11.2. The molecule has 0 radical (unpaired) electrons. The second kappa shape index (κ2) is 5.99. The SMILES string of the molecule is COc1ccc2c(c1)C(=O)CC1(CCN(C(=O)C34CC5CC(CC(C5)C3)C4)C1)O2. The van der Waals surface area contributed by atoms with E-state index < -0.39 is 5.60 Å². The van der Waals surface area contributed by atoms with Crippen molar-refractivity contribution in [3.8, 4) is 11.5 Å². The molecule has 2 heterocycles. The number of hydrogen-bond acceptors (Lipinski definition) is 4. The highest BCUT2D eigenvalue weighted by atomic mass is 16.5. The maximum absolute atomic E-state index is 13.7. The summed E-state index contributed by atoms with van der Waals surface area (Å²) in [6.45, 7) is 1.25. The van der Waals surface area contributed by atoms with Gasteiger partial charge in [0.25, 0.3) is 0 Å². The number of Topliss-reactive ketones (excluding diaryl/α,β-unsaturated/α-hetero) is 1. The highest BCUT2D eigenvalue weighted by Gasteiger charge is 2.57. The smallest absolute Gasteiger partial charge is 0.228 e. The van der Waals surface area contributed by atoms with Crippen LogP contribution in [0, 0.1) is 23.2 Å². The number of nitrogens with zero attached hydrogens (tertiary/aromatic N) is 1. The van der Waals surface area contributed by atoms with Crippen molar-refractivity contribution in [1.82, 2.24) is 4.90 Å². The maximum Gasteiger partial charge on any atom is 0.228 e. The zero-order valence-corrected chi connectivity index (χ0v) is 17.1. The van der Waals surface area contributed by atoms with Gasteiger partial charge in [-0.15, -0.1) is 0 Å². The number of benzene rings is 1. The molecule has 2 aliphatic heterocycles. The second-order valence-electron chi connectivity index (χ2n) is 10.4. The highest BCUT2D eigenvalue weighted by molar-refractivity contribution is 6.01. The van der Waals surface area contributed by atoms with E-state index in [0.717, 1.165) is 43.4 Å². The fourth-order valence-electron chi connectivity index (χ4n) is 7.55. The Morgan fingerprint density at radius 3 is 2.48 bits per heavy atom. The van der Waals surface area contributed by atoms with Crippen molar-refractivity contribution in [2.75, 3.05) is 20.2 Å². The van der Waals surface area contributed by atoms with Gasteiger partial charge in [0.2, 0.25) is 5.91 Å². The third-order valence-corrected chi connectivity index (χ3v) is 8.39. The first-order chi connectivity index (χ1) is 14.0. The first-order valence-electron chi connectivity index (χ1n) is 11.2. The van der Waals surface area contributed by atoms with Gasteiger partial charge in [-0.3, -0.25) is 9.59 Å². The molecule has 1 aromatic rings. The van der Waals surface area contributed by atoms with E-state index in [0.29, 0.717) is 42.5 Å². The van der Waals surface area contributed by atoms with Gasteiger partial charge in [0, 0.05) is 13.0 Å². The molecule has 0 aromatic heterocycles. The summed E-state index contributed by atoms with van der Waals surface area (Å²) < 4.78 is 11.6.